The smallest absolute Gasteiger partial charge is 0.407 e. The van der Waals surface area contributed by atoms with Crippen molar-refractivity contribution < 1.29 is 14.6 Å². The zero-order valence-corrected chi connectivity index (χ0v) is 20.3. The second kappa shape index (κ2) is 9.10. The lowest BCUT2D eigenvalue weighted by Crippen LogP contribution is -2.45. The van der Waals surface area contributed by atoms with E-state index in [0.717, 1.165) is 47.7 Å². The fourth-order valence-electron chi connectivity index (χ4n) is 4.63. The number of halogens is 1. The number of carboxylic acid groups (broad SMARTS) is 1. The molecule has 4 rings (SSSR count). The highest BCUT2D eigenvalue weighted by atomic mass is 35.5. The highest BCUT2D eigenvalue weighted by molar-refractivity contribution is 6.30. The van der Waals surface area contributed by atoms with Crippen molar-refractivity contribution in [1.29, 1.82) is 0 Å². The first kappa shape index (κ1) is 23.2. The van der Waals surface area contributed by atoms with E-state index < -0.39 is 11.6 Å². The van der Waals surface area contributed by atoms with Gasteiger partial charge in [-0.2, -0.15) is 5.10 Å². The van der Waals surface area contributed by atoms with Gasteiger partial charge in [0, 0.05) is 28.2 Å². The number of carbonyl (C=O) groups is 1. The zero-order chi connectivity index (χ0) is 23.8. The minimum Gasteiger partial charge on any atom is -0.494 e. The van der Waals surface area contributed by atoms with Crippen LogP contribution < -0.4 is 4.74 Å². The molecule has 0 spiro atoms. The average molecular weight is 468 g/mol. The number of benzene rings is 2. The Bertz CT molecular complexity index is 1150. The second-order valence-corrected chi connectivity index (χ2v) is 9.97. The molecule has 1 aliphatic carbocycles. The van der Waals surface area contributed by atoms with Crippen molar-refractivity contribution in [3.05, 3.63) is 64.8 Å². The van der Waals surface area contributed by atoms with Gasteiger partial charge >= 0.3 is 6.09 Å². The molecule has 3 aromatic rings. The van der Waals surface area contributed by atoms with Crippen LogP contribution in [-0.4, -0.2) is 45.1 Å². The summed E-state index contributed by atoms with van der Waals surface area (Å²) >= 11 is 6.16. The Morgan fingerprint density at radius 2 is 1.88 bits per heavy atom. The van der Waals surface area contributed by atoms with Gasteiger partial charge in [0.2, 0.25) is 0 Å². The molecular weight excluding hydrogens is 438 g/mol. The fraction of sp³-hybridized carbons (Fsp3) is 0.385. The van der Waals surface area contributed by atoms with Crippen LogP contribution in [0.5, 0.6) is 5.75 Å². The van der Waals surface area contributed by atoms with Crippen molar-refractivity contribution in [1.82, 2.24) is 14.7 Å². The Kier molecular flexibility index (Phi) is 6.39. The summed E-state index contributed by atoms with van der Waals surface area (Å²) in [6, 6.07) is 15.7. The second-order valence-electron chi connectivity index (χ2n) is 9.53. The quantitative estimate of drug-likeness (QED) is 0.476. The molecule has 174 valence electrons. The minimum absolute atomic E-state index is 0.352. The number of para-hydroxylation sites is 2. The van der Waals surface area contributed by atoms with Crippen LogP contribution in [0, 0.1) is 5.92 Å². The van der Waals surface area contributed by atoms with Crippen LogP contribution in [0.25, 0.3) is 16.9 Å². The van der Waals surface area contributed by atoms with E-state index in [1.807, 2.05) is 74.0 Å². The summed E-state index contributed by atoms with van der Waals surface area (Å²) in [6.45, 7) is 6.30. The third kappa shape index (κ3) is 4.71. The monoisotopic (exact) mass is 467 g/mol. The predicted octanol–water partition coefficient (Wildman–Crippen LogP) is 6.08. The van der Waals surface area contributed by atoms with Crippen molar-refractivity contribution in [2.45, 2.75) is 45.6 Å². The predicted molar refractivity (Wildman–Crippen MR) is 131 cm³/mol. The van der Waals surface area contributed by atoms with Crippen molar-refractivity contribution in [2.75, 3.05) is 13.7 Å². The summed E-state index contributed by atoms with van der Waals surface area (Å²) in [5, 5.41) is 15.3. The molecule has 1 atom stereocenters. The van der Waals surface area contributed by atoms with Crippen LogP contribution >= 0.6 is 11.6 Å². The first-order valence-corrected chi connectivity index (χ1v) is 11.6. The van der Waals surface area contributed by atoms with Gasteiger partial charge in [-0.05, 0) is 70.2 Å². The molecule has 1 aromatic heterocycles. The number of fused-ring (bicyclic) bond motifs is 1. The lowest BCUT2D eigenvalue weighted by atomic mass is 9.98. The van der Waals surface area contributed by atoms with Crippen molar-refractivity contribution in [2.24, 2.45) is 5.92 Å². The van der Waals surface area contributed by atoms with Gasteiger partial charge in [-0.1, -0.05) is 35.9 Å². The Balaban J connectivity index is 1.67. The number of amides is 1. The maximum Gasteiger partial charge on any atom is 0.407 e. The molecular formula is C26H30ClN3O3. The first-order valence-electron chi connectivity index (χ1n) is 11.2. The number of nitrogens with zero attached hydrogens (tertiary/aromatic N) is 3. The van der Waals surface area contributed by atoms with E-state index in [4.69, 9.17) is 21.4 Å². The molecule has 0 bridgehead atoms. The lowest BCUT2D eigenvalue weighted by Gasteiger charge is -2.33. The number of hydrogen-bond acceptors (Lipinski definition) is 3. The first-order chi connectivity index (χ1) is 15.7. The molecule has 1 amide bonds. The zero-order valence-electron chi connectivity index (χ0n) is 19.5. The molecule has 0 radical (unpaired) electrons. The van der Waals surface area contributed by atoms with Gasteiger partial charge in [-0.25, -0.2) is 9.48 Å². The molecule has 6 nitrogen and oxygen atoms in total. The molecule has 1 N–H and O–H groups in total. The maximum absolute atomic E-state index is 11.7. The molecule has 0 saturated heterocycles. The number of hydrogen-bond donors (Lipinski definition) is 1. The van der Waals surface area contributed by atoms with Gasteiger partial charge in [0.25, 0.3) is 0 Å². The van der Waals surface area contributed by atoms with Crippen molar-refractivity contribution >= 4 is 17.7 Å². The summed E-state index contributed by atoms with van der Waals surface area (Å²) in [4.78, 5) is 13.3. The van der Waals surface area contributed by atoms with Crippen molar-refractivity contribution in [3.8, 4) is 22.7 Å². The summed E-state index contributed by atoms with van der Waals surface area (Å²) in [5.74, 6) is 1.11. The SMILES string of the molecule is COc1ccccc1-n1nc2c(c1-c1ccc(Cl)cc1)CC(CCN(C(=O)O)C(C)(C)C)C2. The lowest BCUT2D eigenvalue weighted by molar-refractivity contribution is 0.0963. The molecule has 1 aliphatic rings. The maximum atomic E-state index is 11.7. The standard InChI is InChI=1S/C26H30ClN3O3/c1-26(2,3)29(25(31)32)14-13-17-15-20-21(16-17)28-30(22-7-5-6-8-23(22)33-4)24(20)18-9-11-19(27)12-10-18/h5-12,17H,13-16H2,1-4H3,(H,31,32). The third-order valence-electron chi connectivity index (χ3n) is 6.27. The Morgan fingerprint density at radius 3 is 2.52 bits per heavy atom. The molecule has 2 aromatic carbocycles. The van der Waals surface area contributed by atoms with E-state index in [1.54, 1.807) is 7.11 Å². The summed E-state index contributed by atoms with van der Waals surface area (Å²) in [7, 11) is 1.66. The Morgan fingerprint density at radius 1 is 1.18 bits per heavy atom. The van der Waals surface area contributed by atoms with Crippen LogP contribution in [0.2, 0.25) is 5.02 Å². The van der Waals surface area contributed by atoms with Crippen LogP contribution in [-0.2, 0) is 12.8 Å². The van der Waals surface area contributed by atoms with Crippen LogP contribution in [0.1, 0.15) is 38.4 Å². The van der Waals surface area contributed by atoms with Crippen LogP contribution in [0.4, 0.5) is 4.79 Å². The molecule has 1 unspecified atom stereocenters. The molecule has 7 heteroatoms. The largest absolute Gasteiger partial charge is 0.494 e. The highest BCUT2D eigenvalue weighted by Crippen LogP contribution is 2.39. The summed E-state index contributed by atoms with van der Waals surface area (Å²) < 4.78 is 7.58. The normalized spacial score (nSPS) is 15.4. The van der Waals surface area contributed by atoms with E-state index in [0.29, 0.717) is 17.5 Å². The average Bonchev–Trinajstić information content (AvgIpc) is 3.30. The molecule has 1 heterocycles. The molecule has 33 heavy (non-hydrogen) atoms. The van der Waals surface area contributed by atoms with Crippen molar-refractivity contribution in [3.63, 3.8) is 0 Å². The highest BCUT2D eigenvalue weighted by Gasteiger charge is 2.33. The molecule has 0 fully saturated rings. The van der Waals surface area contributed by atoms with E-state index in [1.165, 1.54) is 10.5 Å². The Hall–Kier alpha value is -2.99. The summed E-state index contributed by atoms with van der Waals surface area (Å²) in [5.41, 5.74) is 4.83. The fourth-order valence-corrected chi connectivity index (χ4v) is 4.75. The van der Waals surface area contributed by atoms with E-state index >= 15 is 0 Å². The number of ether oxygens (including phenoxy) is 1. The topological polar surface area (TPSA) is 67.6 Å². The Labute approximate surface area is 199 Å². The number of aromatic nitrogens is 2. The van der Waals surface area contributed by atoms with Crippen LogP contribution in [0.15, 0.2) is 48.5 Å². The number of methoxy groups -OCH3 is 1. The van der Waals surface area contributed by atoms with E-state index in [-0.39, 0.29) is 0 Å². The van der Waals surface area contributed by atoms with E-state index in [9.17, 15) is 9.90 Å². The van der Waals surface area contributed by atoms with Gasteiger partial charge in [0.15, 0.2) is 0 Å². The van der Waals surface area contributed by atoms with Gasteiger partial charge in [-0.15, -0.1) is 0 Å². The molecule has 0 aliphatic heterocycles. The number of rotatable bonds is 6. The van der Waals surface area contributed by atoms with Gasteiger partial charge in [0.05, 0.1) is 18.5 Å². The van der Waals surface area contributed by atoms with Gasteiger partial charge in [-0.3, -0.25) is 0 Å². The third-order valence-corrected chi connectivity index (χ3v) is 6.53. The van der Waals surface area contributed by atoms with Crippen LogP contribution in [0.3, 0.4) is 0 Å². The van der Waals surface area contributed by atoms with E-state index in [2.05, 4.69) is 0 Å². The summed E-state index contributed by atoms with van der Waals surface area (Å²) in [6.07, 6.45) is 1.62. The van der Waals surface area contributed by atoms with Gasteiger partial charge < -0.3 is 14.7 Å². The minimum atomic E-state index is -0.874. The van der Waals surface area contributed by atoms with Gasteiger partial charge in [0.1, 0.15) is 11.4 Å². The molecule has 0 saturated carbocycles.